The zero-order valence-corrected chi connectivity index (χ0v) is 18.3. The third-order valence-corrected chi connectivity index (χ3v) is 5.49. The van der Waals surface area contributed by atoms with Crippen molar-refractivity contribution in [1.29, 1.82) is 0 Å². The molecule has 34 heavy (non-hydrogen) atoms. The number of rotatable bonds is 7. The molecule has 0 saturated carbocycles. The predicted molar refractivity (Wildman–Crippen MR) is 128 cm³/mol. The van der Waals surface area contributed by atoms with Crippen LogP contribution in [0.2, 0.25) is 0 Å². The molecule has 2 aromatic heterocycles. The standard InChI is InChI=1S/C27H22FN5O/c28-24-13-11-21(12-14-24)26-23(19-33(31-26)25-5-2-1-3-6-25)17-29-27(34)22-9-7-20(8-10-22)18-32-16-4-15-30-32/h1-16,19H,17-18H2,(H,29,34). The third-order valence-electron chi connectivity index (χ3n) is 5.49. The number of aromatic nitrogens is 4. The summed E-state index contributed by atoms with van der Waals surface area (Å²) < 4.78 is 17.1. The molecule has 168 valence electrons. The summed E-state index contributed by atoms with van der Waals surface area (Å²) in [5, 5.41) is 11.9. The van der Waals surface area contributed by atoms with Gasteiger partial charge in [0, 0.05) is 41.8 Å². The minimum absolute atomic E-state index is 0.178. The van der Waals surface area contributed by atoms with Crippen LogP contribution in [0.1, 0.15) is 21.5 Å². The number of hydrogen-bond donors (Lipinski definition) is 1. The van der Waals surface area contributed by atoms with Crippen molar-refractivity contribution in [3.63, 3.8) is 0 Å². The van der Waals surface area contributed by atoms with E-state index in [0.29, 0.717) is 17.8 Å². The molecule has 2 heterocycles. The first-order chi connectivity index (χ1) is 16.7. The molecule has 0 unspecified atom stereocenters. The number of benzene rings is 3. The molecular weight excluding hydrogens is 429 g/mol. The van der Waals surface area contributed by atoms with Crippen LogP contribution >= 0.6 is 0 Å². The Bertz CT molecular complexity index is 1380. The highest BCUT2D eigenvalue weighted by atomic mass is 19.1. The molecule has 5 aromatic rings. The first-order valence-electron chi connectivity index (χ1n) is 10.9. The van der Waals surface area contributed by atoms with E-state index in [1.807, 2.05) is 77.7 Å². The Morgan fingerprint density at radius 1 is 0.912 bits per heavy atom. The molecular formula is C27H22FN5O. The maximum absolute atomic E-state index is 13.5. The lowest BCUT2D eigenvalue weighted by molar-refractivity contribution is 0.0951. The van der Waals surface area contributed by atoms with Gasteiger partial charge in [0.15, 0.2) is 0 Å². The Kier molecular flexibility index (Phi) is 5.99. The highest BCUT2D eigenvalue weighted by Crippen LogP contribution is 2.24. The Morgan fingerprint density at radius 2 is 1.68 bits per heavy atom. The average molecular weight is 452 g/mol. The largest absolute Gasteiger partial charge is 0.348 e. The van der Waals surface area contributed by atoms with Crippen LogP contribution in [0.3, 0.4) is 0 Å². The van der Waals surface area contributed by atoms with E-state index >= 15 is 0 Å². The highest BCUT2D eigenvalue weighted by Gasteiger charge is 2.14. The van der Waals surface area contributed by atoms with Crippen molar-refractivity contribution < 1.29 is 9.18 Å². The van der Waals surface area contributed by atoms with Gasteiger partial charge >= 0.3 is 0 Å². The molecule has 5 rings (SSSR count). The van der Waals surface area contributed by atoms with Crippen LogP contribution in [-0.4, -0.2) is 25.5 Å². The van der Waals surface area contributed by atoms with Gasteiger partial charge in [-0.05, 0) is 60.2 Å². The topological polar surface area (TPSA) is 64.7 Å². The molecule has 0 spiro atoms. The maximum atomic E-state index is 13.5. The Labute approximate surface area is 196 Å². The van der Waals surface area contributed by atoms with E-state index in [2.05, 4.69) is 10.4 Å². The predicted octanol–water partition coefficient (Wildman–Crippen LogP) is 4.85. The van der Waals surface area contributed by atoms with Crippen LogP contribution < -0.4 is 5.32 Å². The average Bonchev–Trinajstić information content (AvgIpc) is 3.54. The first kappa shape index (κ1) is 21.3. The summed E-state index contributed by atoms with van der Waals surface area (Å²) in [5.74, 6) is -0.486. The fraction of sp³-hybridized carbons (Fsp3) is 0.0741. The smallest absolute Gasteiger partial charge is 0.251 e. The molecule has 3 aromatic carbocycles. The molecule has 1 amide bonds. The third kappa shape index (κ3) is 4.78. The van der Waals surface area contributed by atoms with Gasteiger partial charge in [0.05, 0.1) is 17.9 Å². The van der Waals surface area contributed by atoms with Gasteiger partial charge in [0.2, 0.25) is 0 Å². The maximum Gasteiger partial charge on any atom is 0.251 e. The van der Waals surface area contributed by atoms with Crippen LogP contribution in [-0.2, 0) is 13.1 Å². The molecule has 0 atom stereocenters. The molecule has 0 radical (unpaired) electrons. The van der Waals surface area contributed by atoms with Gasteiger partial charge in [-0.1, -0.05) is 30.3 Å². The van der Waals surface area contributed by atoms with E-state index in [9.17, 15) is 9.18 Å². The summed E-state index contributed by atoms with van der Waals surface area (Å²) in [6, 6.07) is 25.3. The van der Waals surface area contributed by atoms with Crippen molar-refractivity contribution in [2.24, 2.45) is 0 Å². The van der Waals surface area contributed by atoms with Crippen LogP contribution in [0.5, 0.6) is 0 Å². The Balaban J connectivity index is 1.34. The summed E-state index contributed by atoms with van der Waals surface area (Å²) in [7, 11) is 0. The van der Waals surface area contributed by atoms with E-state index in [0.717, 1.165) is 22.4 Å². The lowest BCUT2D eigenvalue weighted by atomic mass is 10.1. The number of nitrogens with one attached hydrogen (secondary N) is 1. The Hall–Kier alpha value is -4.52. The zero-order valence-electron chi connectivity index (χ0n) is 18.3. The first-order valence-corrected chi connectivity index (χ1v) is 10.9. The van der Waals surface area contributed by atoms with Gasteiger partial charge < -0.3 is 5.32 Å². The molecule has 0 aliphatic carbocycles. The summed E-state index contributed by atoms with van der Waals surface area (Å²) in [6.45, 7) is 0.933. The van der Waals surface area contributed by atoms with Crippen molar-refractivity contribution in [3.05, 3.63) is 126 Å². The van der Waals surface area contributed by atoms with E-state index in [4.69, 9.17) is 5.10 Å². The van der Waals surface area contributed by atoms with Gasteiger partial charge in [-0.25, -0.2) is 9.07 Å². The lowest BCUT2D eigenvalue weighted by Crippen LogP contribution is -2.22. The monoisotopic (exact) mass is 451 g/mol. The molecule has 0 aliphatic heterocycles. The highest BCUT2D eigenvalue weighted by molar-refractivity contribution is 5.94. The van der Waals surface area contributed by atoms with Crippen molar-refractivity contribution in [2.45, 2.75) is 13.1 Å². The van der Waals surface area contributed by atoms with Crippen LogP contribution in [0, 0.1) is 5.82 Å². The van der Waals surface area contributed by atoms with Gasteiger partial charge in [-0.15, -0.1) is 0 Å². The number of carbonyl (C=O) groups excluding carboxylic acids is 1. The summed E-state index contributed by atoms with van der Waals surface area (Å²) >= 11 is 0. The van der Waals surface area contributed by atoms with Crippen LogP contribution in [0.4, 0.5) is 4.39 Å². The van der Waals surface area contributed by atoms with Crippen molar-refractivity contribution in [3.8, 4) is 16.9 Å². The fourth-order valence-corrected chi connectivity index (χ4v) is 3.72. The molecule has 0 saturated heterocycles. The van der Waals surface area contributed by atoms with Gasteiger partial charge in [0.1, 0.15) is 5.82 Å². The fourth-order valence-electron chi connectivity index (χ4n) is 3.72. The number of nitrogens with zero attached hydrogens (tertiary/aromatic N) is 4. The number of carbonyl (C=O) groups is 1. The van der Waals surface area contributed by atoms with E-state index in [1.54, 1.807) is 23.0 Å². The molecule has 0 bridgehead atoms. The van der Waals surface area contributed by atoms with Gasteiger partial charge in [0.25, 0.3) is 5.91 Å². The second kappa shape index (κ2) is 9.54. The lowest BCUT2D eigenvalue weighted by Gasteiger charge is -2.07. The van der Waals surface area contributed by atoms with Crippen LogP contribution in [0.25, 0.3) is 16.9 Å². The van der Waals surface area contributed by atoms with Gasteiger partial charge in [-0.2, -0.15) is 10.2 Å². The van der Waals surface area contributed by atoms with Crippen molar-refractivity contribution in [2.75, 3.05) is 0 Å². The summed E-state index contributed by atoms with van der Waals surface area (Å²) in [5.41, 5.74) is 4.84. The second-order valence-electron chi connectivity index (χ2n) is 7.87. The quantitative estimate of drug-likeness (QED) is 0.385. The molecule has 7 heteroatoms. The van der Waals surface area contributed by atoms with Crippen molar-refractivity contribution in [1.82, 2.24) is 24.9 Å². The SMILES string of the molecule is O=C(NCc1cn(-c2ccccc2)nc1-c1ccc(F)cc1)c1ccc(Cn2cccn2)cc1. The minimum atomic E-state index is -0.308. The second-order valence-corrected chi connectivity index (χ2v) is 7.87. The van der Waals surface area contributed by atoms with Crippen LogP contribution in [0.15, 0.2) is 104 Å². The molecule has 6 nitrogen and oxygen atoms in total. The normalized spacial score (nSPS) is 10.9. The molecule has 0 fully saturated rings. The number of amides is 1. The van der Waals surface area contributed by atoms with Gasteiger partial charge in [-0.3, -0.25) is 9.48 Å². The number of para-hydroxylation sites is 1. The number of halogens is 1. The number of hydrogen-bond acceptors (Lipinski definition) is 3. The summed E-state index contributed by atoms with van der Waals surface area (Å²) in [4.78, 5) is 12.8. The van der Waals surface area contributed by atoms with Crippen molar-refractivity contribution >= 4 is 5.91 Å². The minimum Gasteiger partial charge on any atom is -0.348 e. The van der Waals surface area contributed by atoms with E-state index in [1.165, 1.54) is 12.1 Å². The molecule has 1 N–H and O–H groups in total. The summed E-state index contributed by atoms with van der Waals surface area (Å²) in [6.07, 6.45) is 5.53. The molecule has 0 aliphatic rings. The zero-order chi connectivity index (χ0) is 23.3. The van der Waals surface area contributed by atoms with E-state index in [-0.39, 0.29) is 18.3 Å². The Morgan fingerprint density at radius 3 is 2.38 bits per heavy atom. The van der Waals surface area contributed by atoms with E-state index < -0.39 is 0 Å².